The Hall–Kier alpha value is -2.20. The lowest BCUT2D eigenvalue weighted by Gasteiger charge is -2.12. The zero-order valence-corrected chi connectivity index (χ0v) is 14.1. The van der Waals surface area contributed by atoms with Gasteiger partial charge in [-0.05, 0) is 43.7 Å². The fraction of sp³-hybridized carbons (Fsp3) is 0.368. The maximum absolute atomic E-state index is 5.69. The summed E-state index contributed by atoms with van der Waals surface area (Å²) in [7, 11) is 1.68. The number of anilines is 1. The van der Waals surface area contributed by atoms with Gasteiger partial charge in [0.15, 0.2) is 0 Å². The SMILES string of the molecule is COc1ccc(CNCCNc2cccc(OC(C)C)c2)cc1. The van der Waals surface area contributed by atoms with E-state index < -0.39 is 0 Å². The van der Waals surface area contributed by atoms with Crippen molar-refractivity contribution < 1.29 is 9.47 Å². The molecule has 0 aliphatic carbocycles. The zero-order chi connectivity index (χ0) is 16.5. The molecule has 0 saturated carbocycles. The molecule has 23 heavy (non-hydrogen) atoms. The maximum atomic E-state index is 5.69. The third-order valence-corrected chi connectivity index (χ3v) is 3.32. The maximum Gasteiger partial charge on any atom is 0.121 e. The van der Waals surface area contributed by atoms with Gasteiger partial charge in [0.05, 0.1) is 13.2 Å². The molecule has 2 rings (SSSR count). The van der Waals surface area contributed by atoms with Crippen molar-refractivity contribution in [3.05, 3.63) is 54.1 Å². The van der Waals surface area contributed by atoms with Crippen LogP contribution in [0.4, 0.5) is 5.69 Å². The van der Waals surface area contributed by atoms with Gasteiger partial charge in [0.2, 0.25) is 0 Å². The van der Waals surface area contributed by atoms with Crippen LogP contribution in [0.3, 0.4) is 0 Å². The topological polar surface area (TPSA) is 42.5 Å². The number of nitrogens with one attached hydrogen (secondary N) is 2. The van der Waals surface area contributed by atoms with Gasteiger partial charge in [-0.25, -0.2) is 0 Å². The number of rotatable bonds is 9. The molecule has 124 valence electrons. The van der Waals surface area contributed by atoms with Crippen LogP contribution >= 0.6 is 0 Å². The van der Waals surface area contributed by atoms with E-state index in [0.717, 1.165) is 36.8 Å². The van der Waals surface area contributed by atoms with E-state index in [-0.39, 0.29) is 6.10 Å². The summed E-state index contributed by atoms with van der Waals surface area (Å²) in [5.74, 6) is 1.79. The van der Waals surface area contributed by atoms with Gasteiger partial charge in [0.1, 0.15) is 11.5 Å². The van der Waals surface area contributed by atoms with Crippen molar-refractivity contribution >= 4 is 5.69 Å². The Morgan fingerprint density at radius 3 is 2.43 bits per heavy atom. The van der Waals surface area contributed by atoms with Crippen LogP contribution in [0.15, 0.2) is 48.5 Å². The van der Waals surface area contributed by atoms with Crippen molar-refractivity contribution in [1.29, 1.82) is 0 Å². The monoisotopic (exact) mass is 314 g/mol. The van der Waals surface area contributed by atoms with Gasteiger partial charge in [0, 0.05) is 31.4 Å². The molecular formula is C19H26N2O2. The first kappa shape index (κ1) is 17.2. The molecule has 4 heteroatoms. The minimum absolute atomic E-state index is 0.191. The highest BCUT2D eigenvalue weighted by Crippen LogP contribution is 2.18. The van der Waals surface area contributed by atoms with Gasteiger partial charge in [-0.15, -0.1) is 0 Å². The second kappa shape index (κ2) is 9.06. The molecular weight excluding hydrogens is 288 g/mol. The number of hydrogen-bond donors (Lipinski definition) is 2. The molecule has 0 atom stereocenters. The average molecular weight is 314 g/mol. The molecule has 2 aromatic rings. The molecule has 0 amide bonds. The fourth-order valence-electron chi connectivity index (χ4n) is 2.22. The Morgan fingerprint density at radius 2 is 1.74 bits per heavy atom. The molecule has 2 aromatic carbocycles. The van der Waals surface area contributed by atoms with Gasteiger partial charge in [0.25, 0.3) is 0 Å². The second-order valence-electron chi connectivity index (χ2n) is 5.65. The van der Waals surface area contributed by atoms with E-state index in [2.05, 4.69) is 28.8 Å². The van der Waals surface area contributed by atoms with E-state index in [9.17, 15) is 0 Å². The highest BCUT2D eigenvalue weighted by Gasteiger charge is 1.99. The van der Waals surface area contributed by atoms with Crippen molar-refractivity contribution in [1.82, 2.24) is 5.32 Å². The molecule has 2 N–H and O–H groups in total. The fourth-order valence-corrected chi connectivity index (χ4v) is 2.22. The van der Waals surface area contributed by atoms with Crippen molar-refractivity contribution in [3.63, 3.8) is 0 Å². The van der Waals surface area contributed by atoms with Crippen molar-refractivity contribution in [2.45, 2.75) is 26.5 Å². The van der Waals surface area contributed by atoms with Gasteiger partial charge in [-0.1, -0.05) is 18.2 Å². The summed E-state index contributed by atoms with van der Waals surface area (Å²) in [4.78, 5) is 0. The number of ether oxygens (including phenoxy) is 2. The van der Waals surface area contributed by atoms with E-state index in [4.69, 9.17) is 9.47 Å². The predicted molar refractivity (Wildman–Crippen MR) is 95.4 cm³/mol. The van der Waals surface area contributed by atoms with Crippen LogP contribution in [-0.2, 0) is 6.54 Å². The first-order valence-electron chi connectivity index (χ1n) is 8.01. The summed E-state index contributed by atoms with van der Waals surface area (Å²) in [6, 6.07) is 16.2. The van der Waals surface area contributed by atoms with Crippen LogP contribution in [0.5, 0.6) is 11.5 Å². The lowest BCUT2D eigenvalue weighted by molar-refractivity contribution is 0.242. The van der Waals surface area contributed by atoms with Crippen LogP contribution in [0.1, 0.15) is 19.4 Å². The van der Waals surface area contributed by atoms with Gasteiger partial charge in [-0.3, -0.25) is 0 Å². The number of benzene rings is 2. The molecule has 0 aromatic heterocycles. The van der Waals surface area contributed by atoms with Crippen LogP contribution in [0.2, 0.25) is 0 Å². The minimum Gasteiger partial charge on any atom is -0.497 e. The summed E-state index contributed by atoms with van der Waals surface area (Å²) in [5, 5.41) is 6.82. The van der Waals surface area contributed by atoms with Crippen LogP contribution in [-0.4, -0.2) is 26.3 Å². The molecule has 0 heterocycles. The molecule has 0 radical (unpaired) electrons. The van der Waals surface area contributed by atoms with Gasteiger partial charge in [-0.2, -0.15) is 0 Å². The third-order valence-electron chi connectivity index (χ3n) is 3.32. The summed E-state index contributed by atoms with van der Waals surface area (Å²) in [5.41, 5.74) is 2.33. The highest BCUT2D eigenvalue weighted by atomic mass is 16.5. The quantitative estimate of drug-likeness (QED) is 0.693. The largest absolute Gasteiger partial charge is 0.497 e. The summed E-state index contributed by atoms with van der Waals surface area (Å²) >= 11 is 0. The standard InChI is InChI=1S/C19H26N2O2/c1-15(2)23-19-6-4-5-17(13-19)21-12-11-20-14-16-7-9-18(22-3)10-8-16/h4-10,13,15,20-21H,11-12,14H2,1-3H3. The lowest BCUT2D eigenvalue weighted by Crippen LogP contribution is -2.21. The molecule has 0 aliphatic rings. The number of hydrogen-bond acceptors (Lipinski definition) is 4. The first-order valence-corrected chi connectivity index (χ1v) is 8.01. The summed E-state index contributed by atoms with van der Waals surface area (Å²) < 4.78 is 10.8. The Morgan fingerprint density at radius 1 is 0.957 bits per heavy atom. The summed E-state index contributed by atoms with van der Waals surface area (Å²) in [6.07, 6.45) is 0.191. The normalized spacial score (nSPS) is 10.6. The van der Waals surface area contributed by atoms with Crippen LogP contribution < -0.4 is 20.1 Å². The molecule has 0 bridgehead atoms. The van der Waals surface area contributed by atoms with Crippen molar-refractivity contribution in [2.24, 2.45) is 0 Å². The average Bonchev–Trinajstić information content (AvgIpc) is 2.55. The van der Waals surface area contributed by atoms with E-state index in [1.807, 2.05) is 44.2 Å². The molecule has 0 saturated heterocycles. The van der Waals surface area contributed by atoms with E-state index in [1.54, 1.807) is 7.11 Å². The third kappa shape index (κ3) is 6.20. The Balaban J connectivity index is 1.68. The molecule has 0 spiro atoms. The van der Waals surface area contributed by atoms with Crippen LogP contribution in [0, 0.1) is 0 Å². The Bertz CT molecular complexity index is 582. The highest BCUT2D eigenvalue weighted by molar-refractivity contribution is 5.48. The molecule has 0 fully saturated rings. The molecule has 4 nitrogen and oxygen atoms in total. The smallest absolute Gasteiger partial charge is 0.121 e. The first-order chi connectivity index (χ1) is 11.2. The second-order valence-corrected chi connectivity index (χ2v) is 5.65. The predicted octanol–water partition coefficient (Wildman–Crippen LogP) is 3.68. The van der Waals surface area contributed by atoms with Gasteiger partial charge >= 0.3 is 0 Å². The summed E-state index contributed by atoms with van der Waals surface area (Å²) in [6.45, 7) is 6.66. The van der Waals surface area contributed by atoms with Gasteiger partial charge < -0.3 is 20.1 Å². The lowest BCUT2D eigenvalue weighted by atomic mass is 10.2. The zero-order valence-electron chi connectivity index (χ0n) is 14.1. The minimum atomic E-state index is 0.191. The molecule has 0 aliphatic heterocycles. The van der Waals surface area contributed by atoms with E-state index in [0.29, 0.717) is 0 Å². The Labute approximate surface area is 138 Å². The number of methoxy groups -OCH3 is 1. The van der Waals surface area contributed by atoms with E-state index >= 15 is 0 Å². The van der Waals surface area contributed by atoms with Crippen LogP contribution in [0.25, 0.3) is 0 Å². The van der Waals surface area contributed by atoms with Crippen molar-refractivity contribution in [3.8, 4) is 11.5 Å². The Kier molecular flexibility index (Phi) is 6.76. The molecule has 0 unspecified atom stereocenters. The van der Waals surface area contributed by atoms with Crippen molar-refractivity contribution in [2.75, 3.05) is 25.5 Å². The van der Waals surface area contributed by atoms with E-state index in [1.165, 1.54) is 5.56 Å².